The molecule has 0 heterocycles. The molecule has 0 fully saturated rings. The Bertz CT molecular complexity index is 759. The van der Waals surface area contributed by atoms with Crippen LogP contribution in [0.3, 0.4) is 0 Å². The smallest absolute Gasteiger partial charge is 0.269 e. The Morgan fingerprint density at radius 3 is 2.76 bits per heavy atom. The summed E-state index contributed by atoms with van der Waals surface area (Å²) in [6, 6.07) is 13.3. The van der Waals surface area contributed by atoms with Gasteiger partial charge in [-0.2, -0.15) is 0 Å². The molecule has 1 amide bonds. The van der Waals surface area contributed by atoms with Crippen LogP contribution < -0.4 is 5.32 Å². The molecule has 0 bridgehead atoms. The summed E-state index contributed by atoms with van der Waals surface area (Å²) in [5, 5.41) is 15.4. The molecule has 0 spiro atoms. The minimum Gasteiger partial charge on any atom is -0.410 e. The van der Waals surface area contributed by atoms with Crippen LogP contribution in [0.1, 0.15) is 5.56 Å². The molecule has 132 valence electrons. The number of benzene rings is 2. The average Bonchev–Trinajstić information content (AvgIpc) is 2.59. The number of hydrogen-bond acceptors (Lipinski definition) is 5. The molecule has 8 heteroatoms. The fourth-order valence-electron chi connectivity index (χ4n) is 1.94. The molecule has 2 rings (SSSR count). The van der Waals surface area contributed by atoms with E-state index in [2.05, 4.69) is 10.5 Å². The summed E-state index contributed by atoms with van der Waals surface area (Å²) >= 11 is 5.91. The van der Waals surface area contributed by atoms with E-state index < -0.39 is 11.7 Å². The summed E-state index contributed by atoms with van der Waals surface area (Å²) in [6.45, 7) is 0.416. The standard InChI is InChI=1S/C17H16ClFN2O2S2/c18-13-4-2-6-15(11-13)25-24-8-7-20-17(22)16(21-23)10-12-3-1-5-14(19)9-12/h1-6,9,11,23H,7-8,10H2,(H,20,22)/b21-16+. The van der Waals surface area contributed by atoms with E-state index in [0.29, 0.717) is 22.9 Å². The Kier molecular flexibility index (Phi) is 8.11. The van der Waals surface area contributed by atoms with Crippen molar-refractivity contribution in [3.05, 3.63) is 64.9 Å². The molecule has 0 saturated heterocycles. The van der Waals surface area contributed by atoms with Crippen LogP contribution in [-0.4, -0.2) is 29.1 Å². The van der Waals surface area contributed by atoms with Crippen LogP contribution in [-0.2, 0) is 11.2 Å². The van der Waals surface area contributed by atoms with Crippen molar-refractivity contribution < 1.29 is 14.4 Å². The molecule has 25 heavy (non-hydrogen) atoms. The summed E-state index contributed by atoms with van der Waals surface area (Å²) in [7, 11) is 3.14. The van der Waals surface area contributed by atoms with Gasteiger partial charge < -0.3 is 10.5 Å². The van der Waals surface area contributed by atoms with E-state index in [1.807, 2.05) is 24.3 Å². The normalized spacial score (nSPS) is 11.4. The van der Waals surface area contributed by atoms with Gasteiger partial charge in [0.05, 0.1) is 0 Å². The van der Waals surface area contributed by atoms with Gasteiger partial charge in [0.2, 0.25) is 0 Å². The maximum Gasteiger partial charge on any atom is 0.269 e. The predicted octanol–water partition coefficient (Wildman–Crippen LogP) is 4.41. The van der Waals surface area contributed by atoms with Crippen molar-refractivity contribution in [3.8, 4) is 0 Å². The van der Waals surface area contributed by atoms with Crippen molar-refractivity contribution in [1.29, 1.82) is 0 Å². The number of amides is 1. The van der Waals surface area contributed by atoms with Gasteiger partial charge in [0.25, 0.3) is 5.91 Å². The van der Waals surface area contributed by atoms with E-state index >= 15 is 0 Å². The molecule has 0 aliphatic rings. The minimum absolute atomic E-state index is 0.0573. The molecular formula is C17H16ClFN2O2S2. The summed E-state index contributed by atoms with van der Waals surface area (Å²) < 4.78 is 13.2. The van der Waals surface area contributed by atoms with Crippen molar-refractivity contribution in [1.82, 2.24) is 5.32 Å². The molecule has 0 aliphatic heterocycles. The second-order valence-corrected chi connectivity index (χ2v) is 7.90. The Morgan fingerprint density at radius 1 is 1.24 bits per heavy atom. The Hall–Kier alpha value is -1.70. The largest absolute Gasteiger partial charge is 0.410 e. The number of carbonyl (C=O) groups is 1. The molecule has 0 saturated carbocycles. The number of oxime groups is 1. The van der Waals surface area contributed by atoms with E-state index in [9.17, 15) is 9.18 Å². The van der Waals surface area contributed by atoms with Gasteiger partial charge in [0, 0.05) is 28.6 Å². The third kappa shape index (κ3) is 6.97. The fourth-order valence-corrected chi connectivity index (χ4v) is 4.13. The highest BCUT2D eigenvalue weighted by Crippen LogP contribution is 2.31. The number of rotatable bonds is 8. The molecule has 2 aromatic rings. The summed E-state index contributed by atoms with van der Waals surface area (Å²) in [6.07, 6.45) is 0.0600. The van der Waals surface area contributed by atoms with E-state index in [0.717, 1.165) is 4.90 Å². The lowest BCUT2D eigenvalue weighted by Crippen LogP contribution is -2.33. The zero-order valence-corrected chi connectivity index (χ0v) is 15.5. The highest BCUT2D eigenvalue weighted by Gasteiger charge is 2.13. The first-order valence-electron chi connectivity index (χ1n) is 7.37. The number of nitrogens with zero attached hydrogens (tertiary/aromatic N) is 1. The lowest BCUT2D eigenvalue weighted by molar-refractivity contribution is -0.114. The maximum atomic E-state index is 13.2. The number of carbonyl (C=O) groups excluding carboxylic acids is 1. The lowest BCUT2D eigenvalue weighted by atomic mass is 10.1. The molecule has 2 N–H and O–H groups in total. The van der Waals surface area contributed by atoms with Gasteiger partial charge in [-0.1, -0.05) is 56.5 Å². The number of nitrogens with one attached hydrogen (secondary N) is 1. The fraction of sp³-hybridized carbons (Fsp3) is 0.176. The van der Waals surface area contributed by atoms with Crippen LogP contribution in [0.4, 0.5) is 4.39 Å². The van der Waals surface area contributed by atoms with Crippen molar-refractivity contribution in [3.63, 3.8) is 0 Å². The molecule has 0 atom stereocenters. The van der Waals surface area contributed by atoms with Crippen LogP contribution in [0.2, 0.25) is 5.02 Å². The first-order chi connectivity index (χ1) is 12.1. The van der Waals surface area contributed by atoms with Crippen LogP contribution in [0.15, 0.2) is 58.6 Å². The Balaban J connectivity index is 1.73. The first kappa shape index (κ1) is 19.6. The second kappa shape index (κ2) is 10.3. The van der Waals surface area contributed by atoms with Crippen LogP contribution in [0, 0.1) is 5.82 Å². The molecule has 0 aliphatic carbocycles. The number of hydrogen-bond donors (Lipinski definition) is 2. The molecule has 0 radical (unpaired) electrons. The molecule has 4 nitrogen and oxygen atoms in total. The van der Waals surface area contributed by atoms with Gasteiger partial charge in [-0.05, 0) is 35.9 Å². The van der Waals surface area contributed by atoms with Crippen LogP contribution >= 0.6 is 33.2 Å². The Morgan fingerprint density at radius 2 is 2.04 bits per heavy atom. The third-order valence-electron chi connectivity index (χ3n) is 3.07. The van der Waals surface area contributed by atoms with Crippen molar-refractivity contribution in [2.45, 2.75) is 11.3 Å². The van der Waals surface area contributed by atoms with E-state index in [1.54, 1.807) is 33.7 Å². The maximum absolute atomic E-state index is 13.2. The van der Waals surface area contributed by atoms with Gasteiger partial charge in [0.1, 0.15) is 11.5 Å². The number of halogens is 2. The van der Waals surface area contributed by atoms with Gasteiger partial charge in [-0.15, -0.1) is 0 Å². The molecule has 0 aromatic heterocycles. The van der Waals surface area contributed by atoms with Gasteiger partial charge in [-0.25, -0.2) is 4.39 Å². The van der Waals surface area contributed by atoms with E-state index in [4.69, 9.17) is 16.8 Å². The summed E-state index contributed by atoms with van der Waals surface area (Å²) in [5.74, 6) is -0.202. The van der Waals surface area contributed by atoms with Crippen molar-refractivity contribution in [2.24, 2.45) is 5.16 Å². The Labute approximate surface area is 158 Å². The topological polar surface area (TPSA) is 61.7 Å². The van der Waals surface area contributed by atoms with Crippen LogP contribution in [0.25, 0.3) is 0 Å². The molecular weight excluding hydrogens is 383 g/mol. The molecule has 0 unspecified atom stereocenters. The SMILES string of the molecule is O=C(NCCSSc1cccc(Cl)c1)/C(Cc1cccc(F)c1)=N/O. The second-order valence-electron chi connectivity index (χ2n) is 4.97. The average molecular weight is 399 g/mol. The zero-order valence-electron chi connectivity index (χ0n) is 13.1. The minimum atomic E-state index is -0.472. The zero-order chi connectivity index (χ0) is 18.1. The lowest BCUT2D eigenvalue weighted by Gasteiger charge is -2.07. The first-order valence-corrected chi connectivity index (χ1v) is 10.1. The highest BCUT2D eigenvalue weighted by molar-refractivity contribution is 8.76. The van der Waals surface area contributed by atoms with Gasteiger partial charge >= 0.3 is 0 Å². The summed E-state index contributed by atoms with van der Waals surface area (Å²) in [4.78, 5) is 13.0. The quantitative estimate of drug-likeness (QED) is 0.227. The van der Waals surface area contributed by atoms with Gasteiger partial charge in [0.15, 0.2) is 0 Å². The van der Waals surface area contributed by atoms with Crippen molar-refractivity contribution >= 4 is 44.8 Å². The van der Waals surface area contributed by atoms with E-state index in [1.165, 1.54) is 12.1 Å². The van der Waals surface area contributed by atoms with Crippen molar-refractivity contribution in [2.75, 3.05) is 12.3 Å². The monoisotopic (exact) mass is 398 g/mol. The third-order valence-corrected chi connectivity index (χ3v) is 5.67. The predicted molar refractivity (Wildman–Crippen MR) is 102 cm³/mol. The summed E-state index contributed by atoms with van der Waals surface area (Å²) in [5.41, 5.74) is 0.506. The van der Waals surface area contributed by atoms with E-state index in [-0.39, 0.29) is 12.1 Å². The highest BCUT2D eigenvalue weighted by atomic mass is 35.5. The van der Waals surface area contributed by atoms with Crippen LogP contribution in [0.5, 0.6) is 0 Å². The van der Waals surface area contributed by atoms with Gasteiger partial charge in [-0.3, -0.25) is 4.79 Å². The molecule has 2 aromatic carbocycles.